The van der Waals surface area contributed by atoms with Gasteiger partial charge in [0.1, 0.15) is 0 Å². The van der Waals surface area contributed by atoms with Gasteiger partial charge in [-0.25, -0.2) is 14.6 Å². The first-order valence-corrected chi connectivity index (χ1v) is 7.09. The van der Waals surface area contributed by atoms with Gasteiger partial charge >= 0.3 is 11.9 Å². The van der Waals surface area contributed by atoms with Crippen molar-refractivity contribution in [3.63, 3.8) is 0 Å². The lowest BCUT2D eigenvalue weighted by Gasteiger charge is -2.44. The molecule has 7 heteroatoms. The lowest BCUT2D eigenvalue weighted by Crippen LogP contribution is -2.46. The van der Waals surface area contributed by atoms with Crippen LogP contribution >= 0.6 is 11.3 Å². The number of hydrogen-bond donors (Lipinski definition) is 2. The molecule has 3 aliphatic rings. The number of rotatable bonds is 1. The van der Waals surface area contributed by atoms with Crippen LogP contribution in [0, 0.1) is 5.92 Å². The van der Waals surface area contributed by atoms with E-state index in [0.29, 0.717) is 0 Å². The van der Waals surface area contributed by atoms with Gasteiger partial charge in [0, 0.05) is 17.8 Å². The molecule has 0 radical (unpaired) electrons. The summed E-state index contributed by atoms with van der Waals surface area (Å²) in [5.74, 6) is -1.98. The largest absolute Gasteiger partial charge is 0.473 e. The van der Waals surface area contributed by atoms with E-state index in [0.717, 1.165) is 11.8 Å². The normalized spacial score (nSPS) is 28.3. The van der Waals surface area contributed by atoms with Gasteiger partial charge in [0.2, 0.25) is 0 Å². The van der Waals surface area contributed by atoms with Gasteiger partial charge in [0.25, 0.3) is 0 Å². The number of carboxylic acid groups (broad SMARTS) is 2. The second kappa shape index (κ2) is 6.12. The van der Waals surface area contributed by atoms with Crippen LogP contribution < -0.4 is 0 Å². The highest BCUT2D eigenvalue weighted by Crippen LogP contribution is 2.38. The van der Waals surface area contributed by atoms with Gasteiger partial charge < -0.3 is 15.1 Å². The van der Waals surface area contributed by atoms with Crippen molar-refractivity contribution >= 4 is 23.3 Å². The molecule has 4 rings (SSSR count). The topological polar surface area (TPSA) is 90.7 Å². The minimum atomic E-state index is -1.82. The van der Waals surface area contributed by atoms with Crippen LogP contribution in [-0.4, -0.2) is 51.7 Å². The van der Waals surface area contributed by atoms with Crippen molar-refractivity contribution in [3.05, 3.63) is 16.6 Å². The maximum absolute atomic E-state index is 9.10. The fraction of sp³-hybridized carbons (Fsp3) is 0.583. The van der Waals surface area contributed by atoms with Gasteiger partial charge in [0.05, 0.1) is 11.2 Å². The predicted molar refractivity (Wildman–Crippen MR) is 69.3 cm³/mol. The summed E-state index contributed by atoms with van der Waals surface area (Å²) in [5.41, 5.74) is 3.31. The molecule has 0 amide bonds. The Hall–Kier alpha value is -1.47. The first-order valence-electron chi connectivity index (χ1n) is 6.14. The highest BCUT2D eigenvalue weighted by Gasteiger charge is 2.35. The molecule has 0 spiro atoms. The summed E-state index contributed by atoms with van der Waals surface area (Å²) in [5, 5.41) is 17.0. The fourth-order valence-electron chi connectivity index (χ4n) is 2.71. The number of piperidine rings is 3. The van der Waals surface area contributed by atoms with Crippen molar-refractivity contribution in [2.75, 3.05) is 19.6 Å². The van der Waals surface area contributed by atoms with Gasteiger partial charge in [0.15, 0.2) is 0 Å². The summed E-state index contributed by atoms with van der Waals surface area (Å²) in [6, 6.07) is 0. The zero-order chi connectivity index (χ0) is 13.8. The van der Waals surface area contributed by atoms with Gasteiger partial charge in [-0.3, -0.25) is 0 Å². The Balaban J connectivity index is 0.000000192. The van der Waals surface area contributed by atoms with Gasteiger partial charge in [-0.05, 0) is 31.8 Å². The molecule has 3 saturated heterocycles. The Kier molecular flexibility index (Phi) is 4.49. The van der Waals surface area contributed by atoms with Crippen LogP contribution in [0.1, 0.15) is 24.5 Å². The van der Waals surface area contributed by atoms with Crippen molar-refractivity contribution in [2.24, 2.45) is 5.92 Å². The van der Waals surface area contributed by atoms with Crippen molar-refractivity contribution in [1.29, 1.82) is 0 Å². The number of hydrogen-bond acceptors (Lipinski definition) is 5. The number of carboxylic acids is 2. The molecule has 2 N–H and O–H groups in total. The molecule has 0 aliphatic carbocycles. The monoisotopic (exact) mass is 284 g/mol. The minimum absolute atomic E-state index is 0.744. The summed E-state index contributed by atoms with van der Waals surface area (Å²) in [6.07, 6.45) is 2.78. The Bertz CT molecular complexity index is 429. The maximum Gasteiger partial charge on any atom is 0.414 e. The number of fused-ring (bicyclic) bond motifs is 3. The van der Waals surface area contributed by atoms with E-state index >= 15 is 0 Å². The number of nitrogens with zero attached hydrogens (tertiary/aromatic N) is 2. The molecule has 1 aromatic heterocycles. The SMILES string of the molecule is O=C(O)C(=O)O.c1nc(C2CN3CCC2CC3)cs1. The molecule has 104 valence electrons. The van der Waals surface area contributed by atoms with E-state index in [-0.39, 0.29) is 0 Å². The third kappa shape index (κ3) is 3.51. The van der Waals surface area contributed by atoms with Crippen LogP contribution in [-0.2, 0) is 9.59 Å². The number of aromatic nitrogens is 1. The van der Waals surface area contributed by atoms with Crippen LogP contribution in [0.2, 0.25) is 0 Å². The Labute approximate surface area is 114 Å². The summed E-state index contributed by atoms with van der Waals surface area (Å²) in [7, 11) is 0. The first kappa shape index (κ1) is 14.0. The van der Waals surface area contributed by atoms with Crippen molar-refractivity contribution < 1.29 is 19.8 Å². The molecular formula is C12H16N2O4S. The highest BCUT2D eigenvalue weighted by atomic mass is 32.1. The van der Waals surface area contributed by atoms with Crippen molar-refractivity contribution in [3.8, 4) is 0 Å². The highest BCUT2D eigenvalue weighted by molar-refractivity contribution is 7.07. The van der Waals surface area contributed by atoms with Crippen molar-refractivity contribution in [1.82, 2.24) is 9.88 Å². The van der Waals surface area contributed by atoms with E-state index in [1.165, 1.54) is 38.2 Å². The summed E-state index contributed by atoms with van der Waals surface area (Å²) in [6.45, 7) is 3.91. The van der Waals surface area contributed by atoms with E-state index in [9.17, 15) is 0 Å². The second-order valence-corrected chi connectivity index (χ2v) is 5.49. The van der Waals surface area contributed by atoms with E-state index in [2.05, 4.69) is 15.3 Å². The maximum atomic E-state index is 9.10. The molecule has 2 bridgehead atoms. The van der Waals surface area contributed by atoms with E-state index < -0.39 is 11.9 Å². The Morgan fingerprint density at radius 1 is 1.26 bits per heavy atom. The minimum Gasteiger partial charge on any atom is -0.473 e. The molecule has 6 nitrogen and oxygen atoms in total. The van der Waals surface area contributed by atoms with Gasteiger partial charge in [-0.2, -0.15) is 0 Å². The van der Waals surface area contributed by atoms with E-state index in [1.54, 1.807) is 11.3 Å². The molecule has 3 aliphatic heterocycles. The second-order valence-electron chi connectivity index (χ2n) is 4.77. The number of thiazole rings is 1. The quantitative estimate of drug-likeness (QED) is 0.751. The molecule has 0 saturated carbocycles. The first-order chi connectivity index (χ1) is 9.08. The van der Waals surface area contributed by atoms with Crippen LogP contribution in [0.15, 0.2) is 10.9 Å². The van der Waals surface area contributed by atoms with Crippen LogP contribution in [0.5, 0.6) is 0 Å². The number of aliphatic carboxylic acids is 2. The zero-order valence-electron chi connectivity index (χ0n) is 10.4. The third-order valence-corrected chi connectivity index (χ3v) is 4.28. The van der Waals surface area contributed by atoms with E-state index in [1.807, 2.05) is 5.51 Å². The summed E-state index contributed by atoms with van der Waals surface area (Å²) in [4.78, 5) is 25.2. The molecule has 3 fully saturated rings. The van der Waals surface area contributed by atoms with Crippen LogP contribution in [0.4, 0.5) is 0 Å². The molecule has 0 aromatic carbocycles. The molecular weight excluding hydrogens is 268 g/mol. The zero-order valence-corrected chi connectivity index (χ0v) is 11.2. The molecule has 1 unspecified atom stereocenters. The standard InChI is InChI=1S/C10H14N2S.C2H2O4/c1-3-12-4-2-8(1)9(5-12)10-6-13-7-11-10;3-1(4)2(5)6/h6-9H,1-5H2;(H,3,4)(H,5,6). The fourth-order valence-corrected chi connectivity index (χ4v) is 3.32. The Morgan fingerprint density at radius 3 is 2.26 bits per heavy atom. The lowest BCUT2D eigenvalue weighted by molar-refractivity contribution is -0.159. The summed E-state index contributed by atoms with van der Waals surface area (Å²) < 4.78 is 0. The van der Waals surface area contributed by atoms with Crippen LogP contribution in [0.25, 0.3) is 0 Å². The van der Waals surface area contributed by atoms with Gasteiger partial charge in [-0.1, -0.05) is 0 Å². The molecule has 1 atom stereocenters. The Morgan fingerprint density at radius 2 is 1.89 bits per heavy atom. The number of carbonyl (C=O) groups is 2. The molecule has 4 heterocycles. The van der Waals surface area contributed by atoms with Gasteiger partial charge in [-0.15, -0.1) is 11.3 Å². The average molecular weight is 284 g/mol. The van der Waals surface area contributed by atoms with Crippen LogP contribution in [0.3, 0.4) is 0 Å². The average Bonchev–Trinajstić information content (AvgIpc) is 2.94. The smallest absolute Gasteiger partial charge is 0.414 e. The van der Waals surface area contributed by atoms with Crippen molar-refractivity contribution in [2.45, 2.75) is 18.8 Å². The lowest BCUT2D eigenvalue weighted by atomic mass is 9.78. The van der Waals surface area contributed by atoms with E-state index in [4.69, 9.17) is 19.8 Å². The molecule has 19 heavy (non-hydrogen) atoms. The summed E-state index contributed by atoms with van der Waals surface area (Å²) >= 11 is 1.73. The molecule has 1 aromatic rings. The third-order valence-electron chi connectivity index (χ3n) is 3.67. The predicted octanol–water partition coefficient (Wildman–Crippen LogP) is 1.11.